The van der Waals surface area contributed by atoms with Crippen molar-refractivity contribution in [1.82, 2.24) is 0 Å². The molecule has 0 nitrogen and oxygen atoms in total. The van der Waals surface area contributed by atoms with Crippen LogP contribution in [0.1, 0.15) is 105 Å². The standard InChI is InChI=1S/C26H40S2/c1-4-5-6-10-16-23-18-20(2)27-25(23)26-24(19-21(3)28-26)17-11-8-7-9-13-22-14-12-15-22/h18-19,22H,4-17H2,1-3H3. The van der Waals surface area contributed by atoms with Crippen LogP contribution >= 0.6 is 22.7 Å². The van der Waals surface area contributed by atoms with E-state index in [1.807, 2.05) is 22.7 Å². The SMILES string of the molecule is CCCCCCc1cc(C)sc1-c1sc(C)cc1CCCCCCC1CCC1. The summed E-state index contributed by atoms with van der Waals surface area (Å²) in [5, 5.41) is 0. The van der Waals surface area contributed by atoms with E-state index in [2.05, 4.69) is 32.9 Å². The van der Waals surface area contributed by atoms with E-state index >= 15 is 0 Å². The lowest BCUT2D eigenvalue weighted by Gasteiger charge is -2.24. The van der Waals surface area contributed by atoms with Crippen LogP contribution in [0.25, 0.3) is 9.75 Å². The quantitative estimate of drug-likeness (QED) is 0.285. The summed E-state index contributed by atoms with van der Waals surface area (Å²) in [5.41, 5.74) is 3.24. The van der Waals surface area contributed by atoms with Gasteiger partial charge in [-0.2, -0.15) is 0 Å². The van der Waals surface area contributed by atoms with E-state index < -0.39 is 0 Å². The Labute approximate surface area is 181 Å². The predicted molar refractivity (Wildman–Crippen MR) is 129 cm³/mol. The molecule has 156 valence electrons. The molecule has 1 fully saturated rings. The molecule has 3 rings (SSSR count). The van der Waals surface area contributed by atoms with E-state index in [-0.39, 0.29) is 0 Å². The molecule has 0 bridgehead atoms. The molecule has 1 aliphatic rings. The summed E-state index contributed by atoms with van der Waals surface area (Å²) < 4.78 is 0. The van der Waals surface area contributed by atoms with Crippen molar-refractivity contribution in [3.63, 3.8) is 0 Å². The van der Waals surface area contributed by atoms with Crippen molar-refractivity contribution in [2.24, 2.45) is 5.92 Å². The zero-order valence-electron chi connectivity index (χ0n) is 18.4. The molecular weight excluding hydrogens is 376 g/mol. The zero-order valence-corrected chi connectivity index (χ0v) is 20.1. The molecule has 0 saturated heterocycles. The normalized spacial score (nSPS) is 14.5. The lowest BCUT2D eigenvalue weighted by Crippen LogP contribution is -2.10. The Bertz CT molecular complexity index is 702. The average Bonchev–Trinajstić information content (AvgIpc) is 3.18. The van der Waals surface area contributed by atoms with Crippen molar-refractivity contribution in [3.05, 3.63) is 33.0 Å². The molecule has 1 saturated carbocycles. The molecule has 0 radical (unpaired) electrons. The van der Waals surface area contributed by atoms with Crippen LogP contribution < -0.4 is 0 Å². The second-order valence-electron chi connectivity index (χ2n) is 8.98. The molecule has 0 unspecified atom stereocenters. The second kappa shape index (κ2) is 11.6. The summed E-state index contributed by atoms with van der Waals surface area (Å²) in [5.74, 6) is 1.09. The van der Waals surface area contributed by atoms with Crippen molar-refractivity contribution in [2.75, 3.05) is 0 Å². The van der Waals surface area contributed by atoms with E-state index in [0.717, 1.165) is 5.92 Å². The summed E-state index contributed by atoms with van der Waals surface area (Å²) in [6, 6.07) is 4.94. The molecule has 2 aromatic rings. The monoisotopic (exact) mass is 416 g/mol. The third-order valence-electron chi connectivity index (χ3n) is 6.40. The number of hydrogen-bond acceptors (Lipinski definition) is 2. The first kappa shape index (κ1) is 22.1. The van der Waals surface area contributed by atoms with Gasteiger partial charge in [0.25, 0.3) is 0 Å². The van der Waals surface area contributed by atoms with Crippen molar-refractivity contribution in [2.45, 2.75) is 111 Å². The Morgan fingerprint density at radius 1 is 0.750 bits per heavy atom. The molecule has 0 atom stereocenters. The van der Waals surface area contributed by atoms with Crippen LogP contribution in [-0.2, 0) is 12.8 Å². The van der Waals surface area contributed by atoms with Crippen LogP contribution in [0.5, 0.6) is 0 Å². The molecule has 0 amide bonds. The Kier molecular flexibility index (Phi) is 9.11. The zero-order chi connectivity index (χ0) is 19.8. The van der Waals surface area contributed by atoms with Crippen LogP contribution in [0, 0.1) is 19.8 Å². The first-order valence-corrected chi connectivity index (χ1v) is 13.5. The molecule has 2 heterocycles. The number of rotatable bonds is 13. The topological polar surface area (TPSA) is 0 Å². The maximum Gasteiger partial charge on any atom is 0.0480 e. The van der Waals surface area contributed by atoms with Gasteiger partial charge in [0.15, 0.2) is 0 Å². The predicted octanol–water partition coefficient (Wildman–Crippen LogP) is 9.51. The van der Waals surface area contributed by atoms with E-state index in [1.54, 1.807) is 20.9 Å². The van der Waals surface area contributed by atoms with Crippen molar-refractivity contribution < 1.29 is 0 Å². The summed E-state index contributed by atoms with van der Waals surface area (Å²) in [6.07, 6.45) is 19.7. The Hall–Kier alpha value is -0.600. The maximum atomic E-state index is 2.48. The third-order valence-corrected chi connectivity index (χ3v) is 8.75. The number of unbranched alkanes of at least 4 members (excludes halogenated alkanes) is 6. The van der Waals surface area contributed by atoms with E-state index in [9.17, 15) is 0 Å². The number of hydrogen-bond donors (Lipinski definition) is 0. The lowest BCUT2D eigenvalue weighted by molar-refractivity contribution is 0.286. The van der Waals surface area contributed by atoms with Crippen molar-refractivity contribution >= 4 is 22.7 Å². The largest absolute Gasteiger partial charge is 0.139 e. The highest BCUT2D eigenvalue weighted by Gasteiger charge is 2.17. The minimum atomic E-state index is 1.09. The summed E-state index contributed by atoms with van der Waals surface area (Å²) in [4.78, 5) is 6.15. The van der Waals surface area contributed by atoms with Gasteiger partial charge < -0.3 is 0 Å². The van der Waals surface area contributed by atoms with Gasteiger partial charge in [-0.1, -0.05) is 71.1 Å². The van der Waals surface area contributed by atoms with Gasteiger partial charge >= 0.3 is 0 Å². The second-order valence-corrected chi connectivity index (χ2v) is 11.5. The smallest absolute Gasteiger partial charge is 0.0480 e. The van der Waals surface area contributed by atoms with Crippen LogP contribution in [0.15, 0.2) is 12.1 Å². The number of aryl methyl sites for hydroxylation is 4. The van der Waals surface area contributed by atoms with Gasteiger partial charge in [0.2, 0.25) is 0 Å². The first-order valence-electron chi connectivity index (χ1n) is 11.9. The highest BCUT2D eigenvalue weighted by atomic mass is 32.1. The Balaban J connectivity index is 1.54. The Morgan fingerprint density at radius 3 is 1.79 bits per heavy atom. The fraction of sp³-hybridized carbons (Fsp3) is 0.692. The summed E-state index contributed by atoms with van der Waals surface area (Å²) >= 11 is 4.06. The van der Waals surface area contributed by atoms with Gasteiger partial charge in [-0.15, -0.1) is 22.7 Å². The average molecular weight is 417 g/mol. The summed E-state index contributed by atoms with van der Waals surface area (Å²) in [6.45, 7) is 6.87. The first-order chi connectivity index (χ1) is 13.7. The molecule has 2 aromatic heterocycles. The molecule has 0 aliphatic heterocycles. The van der Waals surface area contributed by atoms with Gasteiger partial charge in [0.05, 0.1) is 0 Å². The van der Waals surface area contributed by atoms with Crippen LogP contribution in [0.3, 0.4) is 0 Å². The third kappa shape index (κ3) is 6.46. The van der Waals surface area contributed by atoms with Gasteiger partial charge in [-0.05, 0) is 68.7 Å². The molecule has 2 heteroatoms. The maximum absolute atomic E-state index is 2.48. The minimum absolute atomic E-state index is 1.09. The van der Waals surface area contributed by atoms with Gasteiger partial charge in [-0.3, -0.25) is 0 Å². The molecule has 0 N–H and O–H groups in total. The van der Waals surface area contributed by atoms with Crippen molar-refractivity contribution in [1.29, 1.82) is 0 Å². The fourth-order valence-corrected chi connectivity index (χ4v) is 6.84. The molecule has 0 spiro atoms. The van der Waals surface area contributed by atoms with Crippen LogP contribution in [0.2, 0.25) is 0 Å². The fourth-order valence-electron chi connectivity index (χ4n) is 4.52. The van der Waals surface area contributed by atoms with E-state index in [0.29, 0.717) is 0 Å². The summed E-state index contributed by atoms with van der Waals surface area (Å²) in [7, 11) is 0. The molecule has 28 heavy (non-hydrogen) atoms. The lowest BCUT2D eigenvalue weighted by atomic mass is 9.81. The van der Waals surface area contributed by atoms with Crippen LogP contribution in [-0.4, -0.2) is 0 Å². The van der Waals surface area contributed by atoms with Gasteiger partial charge in [0, 0.05) is 19.5 Å². The molecular formula is C26H40S2. The van der Waals surface area contributed by atoms with E-state index in [4.69, 9.17) is 0 Å². The number of thiophene rings is 2. The van der Waals surface area contributed by atoms with Gasteiger partial charge in [-0.25, -0.2) is 0 Å². The minimum Gasteiger partial charge on any atom is -0.139 e. The highest BCUT2D eigenvalue weighted by Crippen LogP contribution is 2.41. The Morgan fingerprint density at radius 2 is 1.29 bits per heavy atom. The van der Waals surface area contributed by atoms with Crippen LogP contribution in [0.4, 0.5) is 0 Å². The molecule has 0 aromatic carbocycles. The van der Waals surface area contributed by atoms with E-state index in [1.165, 1.54) is 99.6 Å². The molecule has 1 aliphatic carbocycles. The van der Waals surface area contributed by atoms with Gasteiger partial charge in [0.1, 0.15) is 0 Å². The van der Waals surface area contributed by atoms with Crippen molar-refractivity contribution in [3.8, 4) is 9.75 Å². The highest BCUT2D eigenvalue weighted by molar-refractivity contribution is 7.22.